The van der Waals surface area contributed by atoms with E-state index in [-0.39, 0.29) is 31.1 Å². The standard InChI is InChI=1S/C63H110O6/c1-4-7-10-13-16-19-22-25-27-29-31-33-35-38-41-44-47-50-53-56-62(65)68-59-60(58-67-61(64)55-52-49-46-43-40-37-24-21-18-15-12-9-6-3)69-63(66)57-54-51-48-45-42-39-36-34-32-30-28-26-23-20-17-14-11-8-5-2/h7,10,16,19,21,24-25,27,31,33,38,41,60H,4-6,8-9,11-15,17-18,20,22-23,26,28-30,32,34-37,39-40,42-59H2,1-3H3/b10-7-,19-16-,24-21-,27-25-,33-31-,41-38-. The van der Waals surface area contributed by atoms with E-state index in [1.165, 1.54) is 148 Å². The first-order valence-corrected chi connectivity index (χ1v) is 29.4. The Kier molecular flexibility index (Phi) is 54.8. The molecule has 0 aliphatic rings. The van der Waals surface area contributed by atoms with E-state index in [2.05, 4.69) is 93.7 Å². The summed E-state index contributed by atoms with van der Waals surface area (Å²) in [7, 11) is 0. The van der Waals surface area contributed by atoms with Gasteiger partial charge in [-0.2, -0.15) is 0 Å². The third-order valence-electron chi connectivity index (χ3n) is 12.7. The summed E-state index contributed by atoms with van der Waals surface area (Å²) in [5.41, 5.74) is 0. The molecule has 0 fully saturated rings. The van der Waals surface area contributed by atoms with Gasteiger partial charge >= 0.3 is 17.9 Å². The number of carbonyl (C=O) groups excluding carboxylic acids is 3. The van der Waals surface area contributed by atoms with Gasteiger partial charge in [0, 0.05) is 19.3 Å². The van der Waals surface area contributed by atoms with Crippen LogP contribution in [0.15, 0.2) is 72.9 Å². The average molecular weight is 964 g/mol. The first-order valence-electron chi connectivity index (χ1n) is 29.4. The van der Waals surface area contributed by atoms with Crippen LogP contribution < -0.4 is 0 Å². The molecule has 0 N–H and O–H groups in total. The maximum absolute atomic E-state index is 12.9. The number of unbranched alkanes of at least 4 members (excludes halogenated alkanes) is 30. The van der Waals surface area contributed by atoms with Crippen molar-refractivity contribution in [2.24, 2.45) is 0 Å². The van der Waals surface area contributed by atoms with Crippen LogP contribution in [0.4, 0.5) is 0 Å². The van der Waals surface area contributed by atoms with Gasteiger partial charge in [-0.15, -0.1) is 0 Å². The van der Waals surface area contributed by atoms with Crippen molar-refractivity contribution in [1.29, 1.82) is 0 Å². The molecule has 0 radical (unpaired) electrons. The van der Waals surface area contributed by atoms with Gasteiger partial charge in [-0.1, -0.05) is 254 Å². The van der Waals surface area contributed by atoms with Gasteiger partial charge in [-0.3, -0.25) is 14.4 Å². The van der Waals surface area contributed by atoms with Crippen LogP contribution in [-0.2, 0) is 28.6 Å². The average Bonchev–Trinajstić information content (AvgIpc) is 3.35. The number of hydrogen-bond acceptors (Lipinski definition) is 6. The highest BCUT2D eigenvalue weighted by Gasteiger charge is 2.19. The lowest BCUT2D eigenvalue weighted by Gasteiger charge is -2.18. The zero-order valence-corrected chi connectivity index (χ0v) is 45.6. The van der Waals surface area contributed by atoms with Crippen LogP contribution in [0, 0.1) is 0 Å². The molecule has 0 spiro atoms. The lowest BCUT2D eigenvalue weighted by atomic mass is 10.0. The van der Waals surface area contributed by atoms with Crippen LogP contribution in [0.2, 0.25) is 0 Å². The Hall–Kier alpha value is -3.15. The molecule has 0 aliphatic carbocycles. The van der Waals surface area contributed by atoms with Crippen molar-refractivity contribution in [3.63, 3.8) is 0 Å². The molecule has 6 heteroatoms. The molecule has 1 atom stereocenters. The SMILES string of the molecule is CC/C=C\C/C=C\C/C=C\C/C=C\C/C=C\CCCCCC(=O)OCC(COC(=O)CCCCCCC/C=C\CCCCCC)OC(=O)CCCCCCCCCCCCCCCCCCCCC. The normalized spacial score (nSPS) is 12.6. The molecule has 0 aromatic heterocycles. The number of ether oxygens (including phenoxy) is 3. The molecule has 0 saturated heterocycles. The van der Waals surface area contributed by atoms with Gasteiger partial charge in [-0.25, -0.2) is 0 Å². The van der Waals surface area contributed by atoms with E-state index in [1.54, 1.807) is 0 Å². The van der Waals surface area contributed by atoms with Crippen molar-refractivity contribution < 1.29 is 28.6 Å². The third kappa shape index (κ3) is 55.6. The summed E-state index contributed by atoms with van der Waals surface area (Å²) in [5.74, 6) is -0.918. The Labute approximate surface area is 427 Å². The van der Waals surface area contributed by atoms with E-state index in [9.17, 15) is 14.4 Å². The van der Waals surface area contributed by atoms with Crippen LogP contribution in [0.5, 0.6) is 0 Å². The van der Waals surface area contributed by atoms with Crippen molar-refractivity contribution in [2.45, 2.75) is 297 Å². The van der Waals surface area contributed by atoms with Crippen LogP contribution in [0.3, 0.4) is 0 Å². The summed E-state index contributed by atoms with van der Waals surface area (Å²) in [6.45, 7) is 6.50. The Bertz CT molecular complexity index is 1290. The van der Waals surface area contributed by atoms with E-state index in [1.807, 2.05) is 0 Å². The van der Waals surface area contributed by atoms with Crippen LogP contribution >= 0.6 is 0 Å². The summed E-state index contributed by atoms with van der Waals surface area (Å²) >= 11 is 0. The van der Waals surface area contributed by atoms with Gasteiger partial charge in [0.25, 0.3) is 0 Å². The van der Waals surface area contributed by atoms with Gasteiger partial charge in [0.1, 0.15) is 13.2 Å². The Morgan fingerprint density at radius 1 is 0.304 bits per heavy atom. The van der Waals surface area contributed by atoms with Gasteiger partial charge in [0.05, 0.1) is 0 Å². The maximum atomic E-state index is 12.9. The number of esters is 3. The molecule has 0 saturated carbocycles. The molecule has 398 valence electrons. The smallest absolute Gasteiger partial charge is 0.306 e. The van der Waals surface area contributed by atoms with Crippen molar-refractivity contribution in [3.05, 3.63) is 72.9 Å². The van der Waals surface area contributed by atoms with E-state index in [0.29, 0.717) is 19.3 Å². The molecule has 69 heavy (non-hydrogen) atoms. The monoisotopic (exact) mass is 963 g/mol. The lowest BCUT2D eigenvalue weighted by molar-refractivity contribution is -0.167. The van der Waals surface area contributed by atoms with Gasteiger partial charge in [0.2, 0.25) is 0 Å². The van der Waals surface area contributed by atoms with E-state index >= 15 is 0 Å². The Morgan fingerprint density at radius 3 is 0.928 bits per heavy atom. The second kappa shape index (κ2) is 57.4. The predicted octanol–water partition coefficient (Wildman–Crippen LogP) is 19.8. The molecular formula is C63H110O6. The summed E-state index contributed by atoms with van der Waals surface area (Å²) in [5, 5.41) is 0. The molecule has 0 rings (SSSR count). The number of carbonyl (C=O) groups is 3. The molecule has 0 amide bonds. The molecular weight excluding hydrogens is 853 g/mol. The fourth-order valence-electron chi connectivity index (χ4n) is 8.29. The van der Waals surface area contributed by atoms with E-state index in [4.69, 9.17) is 14.2 Å². The minimum Gasteiger partial charge on any atom is -0.462 e. The van der Waals surface area contributed by atoms with Crippen molar-refractivity contribution in [3.8, 4) is 0 Å². The van der Waals surface area contributed by atoms with Crippen LogP contribution in [-0.4, -0.2) is 37.2 Å². The second-order valence-electron chi connectivity index (χ2n) is 19.5. The number of rotatable bonds is 53. The zero-order chi connectivity index (χ0) is 50.0. The molecule has 6 nitrogen and oxygen atoms in total. The molecule has 0 aliphatic heterocycles. The van der Waals surface area contributed by atoms with Crippen molar-refractivity contribution in [2.75, 3.05) is 13.2 Å². The van der Waals surface area contributed by atoms with Crippen molar-refractivity contribution >= 4 is 17.9 Å². The van der Waals surface area contributed by atoms with Crippen LogP contribution in [0.25, 0.3) is 0 Å². The highest BCUT2D eigenvalue weighted by molar-refractivity contribution is 5.71. The summed E-state index contributed by atoms with van der Waals surface area (Å²) in [4.78, 5) is 38.2. The van der Waals surface area contributed by atoms with E-state index < -0.39 is 6.10 Å². The number of hydrogen-bond donors (Lipinski definition) is 0. The third-order valence-corrected chi connectivity index (χ3v) is 12.7. The summed E-state index contributed by atoms with van der Waals surface area (Å²) in [6.07, 6.45) is 73.2. The van der Waals surface area contributed by atoms with Crippen molar-refractivity contribution in [1.82, 2.24) is 0 Å². The maximum Gasteiger partial charge on any atom is 0.306 e. The Morgan fingerprint density at radius 2 is 0.565 bits per heavy atom. The first-order chi connectivity index (χ1) is 34.0. The molecule has 0 aromatic carbocycles. The minimum absolute atomic E-state index is 0.0882. The molecule has 0 bridgehead atoms. The fourth-order valence-corrected chi connectivity index (χ4v) is 8.29. The molecule has 0 heterocycles. The van der Waals surface area contributed by atoms with Crippen LogP contribution in [0.1, 0.15) is 290 Å². The highest BCUT2D eigenvalue weighted by Crippen LogP contribution is 2.16. The largest absolute Gasteiger partial charge is 0.462 e. The molecule has 1 unspecified atom stereocenters. The molecule has 0 aromatic rings. The predicted molar refractivity (Wildman–Crippen MR) is 298 cm³/mol. The number of allylic oxidation sites excluding steroid dienone is 12. The first kappa shape index (κ1) is 65.8. The highest BCUT2D eigenvalue weighted by atomic mass is 16.6. The summed E-state index contributed by atoms with van der Waals surface area (Å²) < 4.78 is 16.9. The lowest BCUT2D eigenvalue weighted by Crippen LogP contribution is -2.30. The minimum atomic E-state index is -0.791. The second-order valence-corrected chi connectivity index (χ2v) is 19.5. The van der Waals surface area contributed by atoms with E-state index in [0.717, 1.165) is 103 Å². The quantitative estimate of drug-likeness (QED) is 0.0262. The fraction of sp³-hybridized carbons (Fsp3) is 0.762. The van der Waals surface area contributed by atoms with Gasteiger partial charge < -0.3 is 14.2 Å². The van der Waals surface area contributed by atoms with Gasteiger partial charge in [0.15, 0.2) is 6.10 Å². The zero-order valence-electron chi connectivity index (χ0n) is 45.6. The topological polar surface area (TPSA) is 78.9 Å². The van der Waals surface area contributed by atoms with Gasteiger partial charge in [-0.05, 0) is 89.9 Å². The Balaban J connectivity index is 4.40. The summed E-state index contributed by atoms with van der Waals surface area (Å²) in [6, 6.07) is 0.